The average molecular weight is 189 g/mol. The maximum atomic E-state index is 5.47. The number of rotatable bonds is 2. The van der Waals surface area contributed by atoms with Gasteiger partial charge in [0.15, 0.2) is 0 Å². The summed E-state index contributed by atoms with van der Waals surface area (Å²) < 4.78 is 5.47. The van der Waals surface area contributed by atoms with E-state index in [2.05, 4.69) is 36.5 Å². The van der Waals surface area contributed by atoms with Crippen molar-refractivity contribution in [1.29, 1.82) is 0 Å². The number of ether oxygens (including phenoxy) is 1. The average Bonchev–Trinajstić information content (AvgIpc) is 2.19. The maximum absolute atomic E-state index is 5.47. The van der Waals surface area contributed by atoms with E-state index in [1.54, 1.807) is 0 Å². The predicted molar refractivity (Wildman–Crippen MR) is 59.2 cm³/mol. The second-order valence-corrected chi connectivity index (χ2v) is 3.47. The lowest BCUT2D eigenvalue weighted by Gasteiger charge is -2.22. The van der Waals surface area contributed by atoms with Gasteiger partial charge in [0.2, 0.25) is 0 Å². The van der Waals surface area contributed by atoms with Gasteiger partial charge in [-0.25, -0.2) is 0 Å². The monoisotopic (exact) mass is 189 g/mol. The fourth-order valence-corrected chi connectivity index (χ4v) is 1.62. The smallest absolute Gasteiger partial charge is 0.147 e. The number of aryl methyl sites for hydroxylation is 1. The third-order valence-electron chi connectivity index (χ3n) is 2.30. The van der Waals surface area contributed by atoms with Crippen LogP contribution in [-0.4, -0.2) is 12.8 Å². The third kappa shape index (κ3) is 1.80. The molecule has 2 nitrogen and oxygen atoms in total. The van der Waals surface area contributed by atoms with Gasteiger partial charge in [0.05, 0.1) is 0 Å². The summed E-state index contributed by atoms with van der Waals surface area (Å²) in [6, 6.07) is 6.37. The van der Waals surface area contributed by atoms with Crippen molar-refractivity contribution in [2.24, 2.45) is 0 Å². The van der Waals surface area contributed by atoms with Crippen molar-refractivity contribution in [3.8, 4) is 0 Å². The first-order valence-corrected chi connectivity index (χ1v) is 4.96. The van der Waals surface area contributed by atoms with Crippen molar-refractivity contribution in [2.45, 2.75) is 20.1 Å². The molecule has 74 valence electrons. The molecule has 14 heavy (non-hydrogen) atoms. The molecule has 0 fully saturated rings. The summed E-state index contributed by atoms with van der Waals surface area (Å²) in [4.78, 5) is 0. The van der Waals surface area contributed by atoms with Crippen LogP contribution in [-0.2, 0) is 4.74 Å². The summed E-state index contributed by atoms with van der Waals surface area (Å²) in [7, 11) is 0. The van der Waals surface area contributed by atoms with E-state index in [4.69, 9.17) is 4.74 Å². The summed E-state index contributed by atoms with van der Waals surface area (Å²) in [5.74, 6) is 0. The van der Waals surface area contributed by atoms with Gasteiger partial charge in [0.25, 0.3) is 0 Å². The Balaban J connectivity index is 2.23. The number of anilines is 1. The molecule has 0 bridgehead atoms. The summed E-state index contributed by atoms with van der Waals surface area (Å²) in [5, 5.41) is 3.32. The highest BCUT2D eigenvalue weighted by Gasteiger charge is 2.11. The van der Waals surface area contributed by atoms with Crippen molar-refractivity contribution < 1.29 is 4.74 Å². The van der Waals surface area contributed by atoms with Crippen molar-refractivity contribution in [3.05, 3.63) is 35.4 Å². The number of hydrogen-bond donors (Lipinski definition) is 1. The molecule has 0 saturated carbocycles. The summed E-state index contributed by atoms with van der Waals surface area (Å²) >= 11 is 0. The minimum Gasteiger partial charge on any atom is -0.356 e. The maximum Gasteiger partial charge on any atom is 0.147 e. The number of benzene rings is 1. The second kappa shape index (κ2) is 3.84. The zero-order chi connectivity index (χ0) is 9.97. The number of fused-ring (bicyclic) bond motifs is 1. The van der Waals surface area contributed by atoms with Crippen LogP contribution >= 0.6 is 0 Å². The van der Waals surface area contributed by atoms with Gasteiger partial charge in [-0.1, -0.05) is 17.7 Å². The van der Waals surface area contributed by atoms with E-state index in [-0.39, 0.29) is 6.23 Å². The highest BCUT2D eigenvalue weighted by molar-refractivity contribution is 5.71. The van der Waals surface area contributed by atoms with Gasteiger partial charge in [-0.3, -0.25) is 0 Å². The SMILES string of the molecule is CCOC1C=Cc2cc(C)ccc2N1. The van der Waals surface area contributed by atoms with Crippen LogP contribution in [0.4, 0.5) is 5.69 Å². The molecule has 1 aromatic rings. The predicted octanol–water partition coefficient (Wildman–Crippen LogP) is 2.80. The fraction of sp³-hybridized carbons (Fsp3) is 0.333. The molecule has 0 aromatic heterocycles. The quantitative estimate of drug-likeness (QED) is 0.772. The molecule has 1 atom stereocenters. The van der Waals surface area contributed by atoms with Gasteiger partial charge in [-0.05, 0) is 37.6 Å². The normalized spacial score (nSPS) is 18.9. The Labute approximate surface area is 84.6 Å². The highest BCUT2D eigenvalue weighted by atomic mass is 16.5. The van der Waals surface area contributed by atoms with E-state index >= 15 is 0 Å². The van der Waals surface area contributed by atoms with E-state index < -0.39 is 0 Å². The zero-order valence-electron chi connectivity index (χ0n) is 8.58. The van der Waals surface area contributed by atoms with Crippen LogP contribution in [0, 0.1) is 6.92 Å². The minimum atomic E-state index is 0.0233. The molecule has 2 rings (SSSR count). The summed E-state index contributed by atoms with van der Waals surface area (Å²) in [6.07, 6.45) is 4.18. The minimum absolute atomic E-state index is 0.0233. The van der Waals surface area contributed by atoms with Gasteiger partial charge in [-0.2, -0.15) is 0 Å². The molecule has 0 aliphatic carbocycles. The van der Waals surface area contributed by atoms with Crippen LogP contribution in [0.15, 0.2) is 24.3 Å². The largest absolute Gasteiger partial charge is 0.356 e. The van der Waals surface area contributed by atoms with Crippen molar-refractivity contribution in [2.75, 3.05) is 11.9 Å². The van der Waals surface area contributed by atoms with Gasteiger partial charge in [-0.15, -0.1) is 0 Å². The van der Waals surface area contributed by atoms with Crippen molar-refractivity contribution in [1.82, 2.24) is 0 Å². The first kappa shape index (κ1) is 9.28. The Bertz CT molecular complexity index is 357. The fourth-order valence-electron chi connectivity index (χ4n) is 1.62. The van der Waals surface area contributed by atoms with Crippen LogP contribution in [0.3, 0.4) is 0 Å². The van der Waals surface area contributed by atoms with E-state index in [1.807, 2.05) is 13.0 Å². The summed E-state index contributed by atoms with van der Waals surface area (Å²) in [6.45, 7) is 4.83. The molecule has 1 aliphatic rings. The van der Waals surface area contributed by atoms with Crippen LogP contribution in [0.5, 0.6) is 0 Å². The molecule has 1 heterocycles. The molecule has 0 radical (unpaired) electrons. The Hall–Kier alpha value is -1.28. The molecule has 1 aliphatic heterocycles. The Morgan fingerprint density at radius 1 is 1.43 bits per heavy atom. The van der Waals surface area contributed by atoms with Gasteiger partial charge in [0.1, 0.15) is 6.23 Å². The highest BCUT2D eigenvalue weighted by Crippen LogP contribution is 2.24. The third-order valence-corrected chi connectivity index (χ3v) is 2.30. The molecule has 0 saturated heterocycles. The van der Waals surface area contributed by atoms with Gasteiger partial charge >= 0.3 is 0 Å². The lowest BCUT2D eigenvalue weighted by molar-refractivity contribution is 0.115. The van der Waals surface area contributed by atoms with E-state index in [0.717, 1.165) is 12.3 Å². The van der Waals surface area contributed by atoms with Gasteiger partial charge < -0.3 is 10.1 Å². The van der Waals surface area contributed by atoms with Gasteiger partial charge in [0, 0.05) is 12.3 Å². The first-order chi connectivity index (χ1) is 6.79. The molecule has 1 aromatic carbocycles. The van der Waals surface area contributed by atoms with E-state index in [9.17, 15) is 0 Å². The Kier molecular flexibility index (Phi) is 2.55. The van der Waals surface area contributed by atoms with E-state index in [1.165, 1.54) is 11.1 Å². The topological polar surface area (TPSA) is 21.3 Å². The van der Waals surface area contributed by atoms with Crippen LogP contribution in [0.25, 0.3) is 6.08 Å². The van der Waals surface area contributed by atoms with E-state index in [0.29, 0.717) is 0 Å². The lowest BCUT2D eigenvalue weighted by atomic mass is 10.1. The Morgan fingerprint density at radius 3 is 3.07 bits per heavy atom. The van der Waals surface area contributed by atoms with Crippen molar-refractivity contribution >= 4 is 11.8 Å². The molecule has 1 unspecified atom stereocenters. The molecule has 2 heteroatoms. The molecule has 0 spiro atoms. The lowest BCUT2D eigenvalue weighted by Crippen LogP contribution is -2.23. The van der Waals surface area contributed by atoms with Crippen LogP contribution in [0.2, 0.25) is 0 Å². The molecular formula is C12H15NO. The number of hydrogen-bond acceptors (Lipinski definition) is 2. The van der Waals surface area contributed by atoms with Crippen LogP contribution < -0.4 is 5.32 Å². The van der Waals surface area contributed by atoms with Crippen LogP contribution in [0.1, 0.15) is 18.1 Å². The zero-order valence-corrected chi connectivity index (χ0v) is 8.58. The Morgan fingerprint density at radius 2 is 2.29 bits per heavy atom. The first-order valence-electron chi connectivity index (χ1n) is 4.96. The molecule has 0 amide bonds. The molecule has 1 N–H and O–H groups in total. The second-order valence-electron chi connectivity index (χ2n) is 3.47. The van der Waals surface area contributed by atoms with Crippen molar-refractivity contribution in [3.63, 3.8) is 0 Å². The summed E-state index contributed by atoms with van der Waals surface area (Å²) in [5.41, 5.74) is 3.67. The molecular weight excluding hydrogens is 174 g/mol. The number of nitrogens with one attached hydrogen (secondary N) is 1. The standard InChI is InChI=1S/C12H15NO/c1-3-14-12-7-5-10-8-9(2)4-6-11(10)13-12/h4-8,12-13H,3H2,1-2H3.